The van der Waals surface area contributed by atoms with Gasteiger partial charge in [-0.3, -0.25) is 9.36 Å². The average molecular weight is 391 g/mol. The van der Waals surface area contributed by atoms with Crippen LogP contribution in [0, 0.1) is 19.3 Å². The third kappa shape index (κ3) is 2.87. The van der Waals surface area contributed by atoms with Crippen molar-refractivity contribution >= 4 is 23.2 Å². The molecular weight excluding hydrogens is 366 g/mol. The fourth-order valence-electron chi connectivity index (χ4n) is 3.91. The molecule has 2 aromatic rings. The van der Waals surface area contributed by atoms with E-state index in [-0.39, 0.29) is 12.5 Å². The second-order valence-electron chi connectivity index (χ2n) is 7.47. The van der Waals surface area contributed by atoms with Crippen molar-refractivity contribution in [3.8, 4) is 5.13 Å². The molecule has 7 nitrogen and oxygen atoms in total. The third-order valence-electron chi connectivity index (χ3n) is 5.74. The first-order valence-corrected chi connectivity index (χ1v) is 9.80. The van der Waals surface area contributed by atoms with Crippen molar-refractivity contribution in [3.05, 3.63) is 34.6 Å². The highest BCUT2D eigenvalue weighted by molar-refractivity contribution is 7.12. The molecule has 2 unspecified atom stereocenters. The number of hydrogen-bond acceptors (Lipinski definition) is 5. The van der Waals surface area contributed by atoms with Gasteiger partial charge >= 0.3 is 5.97 Å². The Balaban J connectivity index is 1.91. The molecule has 0 bridgehead atoms. The van der Waals surface area contributed by atoms with Crippen molar-refractivity contribution in [2.75, 3.05) is 6.61 Å². The Labute approximate surface area is 162 Å². The minimum atomic E-state index is -1.35. The van der Waals surface area contributed by atoms with Gasteiger partial charge in [0, 0.05) is 41.4 Å². The van der Waals surface area contributed by atoms with Crippen molar-refractivity contribution < 1.29 is 19.4 Å². The Kier molecular flexibility index (Phi) is 4.90. The first-order chi connectivity index (χ1) is 12.7. The average Bonchev–Trinajstić information content (AvgIpc) is 3.21. The van der Waals surface area contributed by atoms with Gasteiger partial charge in [-0.1, -0.05) is 13.8 Å². The van der Waals surface area contributed by atoms with Gasteiger partial charge in [0.05, 0.1) is 11.7 Å². The number of hydrogen-bond donors (Lipinski definition) is 2. The standard InChI is InChI=1S/C19H25N3O4S/c1-6-26-14-10-19(16(24)25,18(14,4)5)21-15(23)13-9-11(2)22(12(13)3)17-20-7-8-27-17/h7-9,14H,6,10H2,1-5H3,(H,21,23)(H,24,25). The fraction of sp³-hybridized carbons (Fsp3) is 0.526. The lowest BCUT2D eigenvalue weighted by molar-refractivity contribution is -0.190. The topological polar surface area (TPSA) is 93.5 Å². The van der Waals surface area contributed by atoms with E-state index in [2.05, 4.69) is 10.3 Å². The van der Waals surface area contributed by atoms with Crippen LogP contribution in [0.15, 0.2) is 17.6 Å². The van der Waals surface area contributed by atoms with E-state index in [4.69, 9.17) is 4.74 Å². The van der Waals surface area contributed by atoms with E-state index in [1.807, 2.05) is 44.6 Å². The summed E-state index contributed by atoms with van der Waals surface area (Å²) in [4.78, 5) is 29.4. The monoisotopic (exact) mass is 391 g/mol. The minimum absolute atomic E-state index is 0.207. The summed E-state index contributed by atoms with van der Waals surface area (Å²) in [6.07, 6.45) is 1.75. The molecule has 8 heteroatoms. The molecule has 1 saturated carbocycles. The molecule has 1 amide bonds. The summed E-state index contributed by atoms with van der Waals surface area (Å²) in [6.45, 7) is 9.77. The smallest absolute Gasteiger partial charge is 0.330 e. The summed E-state index contributed by atoms with van der Waals surface area (Å²) in [6, 6.07) is 1.77. The minimum Gasteiger partial charge on any atom is -0.479 e. The molecule has 1 aliphatic rings. The van der Waals surface area contributed by atoms with Gasteiger partial charge in [0.15, 0.2) is 5.13 Å². The SMILES string of the molecule is CCOC1CC(NC(=O)c2cc(C)n(-c3nccs3)c2C)(C(=O)O)C1(C)C. The number of rotatable bonds is 6. The summed E-state index contributed by atoms with van der Waals surface area (Å²) in [5, 5.41) is 15.3. The number of aromatic nitrogens is 2. The molecule has 2 aromatic heterocycles. The lowest BCUT2D eigenvalue weighted by Gasteiger charge is -2.58. The number of carboxylic acid groups (broad SMARTS) is 1. The normalized spacial score (nSPS) is 23.7. The lowest BCUT2D eigenvalue weighted by atomic mass is 9.54. The molecule has 1 fully saturated rings. The number of aliphatic carboxylic acids is 1. The highest BCUT2D eigenvalue weighted by Gasteiger charge is 2.66. The number of amides is 1. The second-order valence-corrected chi connectivity index (χ2v) is 8.34. The largest absolute Gasteiger partial charge is 0.479 e. The number of nitrogens with one attached hydrogen (secondary N) is 1. The molecule has 3 rings (SSSR count). The first-order valence-electron chi connectivity index (χ1n) is 8.92. The molecule has 0 aromatic carbocycles. The third-order valence-corrected chi connectivity index (χ3v) is 6.50. The maximum atomic E-state index is 13.0. The predicted molar refractivity (Wildman–Crippen MR) is 103 cm³/mol. The van der Waals surface area contributed by atoms with Gasteiger partial charge < -0.3 is 15.2 Å². The number of carboxylic acids is 1. The molecule has 0 spiro atoms. The van der Waals surface area contributed by atoms with Crippen LogP contribution < -0.4 is 5.32 Å². The summed E-state index contributed by atoms with van der Waals surface area (Å²) >= 11 is 1.48. The summed E-state index contributed by atoms with van der Waals surface area (Å²) in [5.74, 6) is -1.43. The molecule has 2 N–H and O–H groups in total. The first kappa shape index (κ1) is 19.6. The highest BCUT2D eigenvalue weighted by atomic mass is 32.1. The summed E-state index contributed by atoms with van der Waals surface area (Å²) in [7, 11) is 0. The van der Waals surface area contributed by atoms with E-state index < -0.39 is 22.8 Å². The molecule has 146 valence electrons. The number of thiazole rings is 1. The van der Waals surface area contributed by atoms with Crippen LogP contribution in [0.25, 0.3) is 5.13 Å². The van der Waals surface area contributed by atoms with Crippen LogP contribution in [-0.4, -0.2) is 44.8 Å². The van der Waals surface area contributed by atoms with Gasteiger partial charge in [-0.05, 0) is 26.8 Å². The van der Waals surface area contributed by atoms with Crippen LogP contribution in [-0.2, 0) is 9.53 Å². The lowest BCUT2D eigenvalue weighted by Crippen LogP contribution is -2.76. The van der Waals surface area contributed by atoms with Crippen LogP contribution in [0.5, 0.6) is 0 Å². The molecule has 0 aliphatic heterocycles. The number of nitrogens with zero attached hydrogens (tertiary/aromatic N) is 2. The summed E-state index contributed by atoms with van der Waals surface area (Å²) < 4.78 is 7.56. The van der Waals surface area contributed by atoms with Crippen molar-refractivity contribution in [2.24, 2.45) is 5.41 Å². The quantitative estimate of drug-likeness (QED) is 0.790. The highest BCUT2D eigenvalue weighted by Crippen LogP contribution is 2.51. The Bertz CT molecular complexity index is 872. The van der Waals surface area contributed by atoms with Gasteiger partial charge in [-0.25, -0.2) is 9.78 Å². The Hall–Kier alpha value is -2.19. The number of carbonyl (C=O) groups excluding carboxylic acids is 1. The molecule has 27 heavy (non-hydrogen) atoms. The molecule has 0 saturated heterocycles. The van der Waals surface area contributed by atoms with E-state index in [9.17, 15) is 14.7 Å². The number of carbonyl (C=O) groups is 2. The predicted octanol–water partition coefficient (Wildman–Crippen LogP) is 2.94. The molecule has 2 heterocycles. The Morgan fingerprint density at radius 2 is 2.15 bits per heavy atom. The zero-order valence-electron chi connectivity index (χ0n) is 16.2. The second kappa shape index (κ2) is 6.76. The van der Waals surface area contributed by atoms with Crippen molar-refractivity contribution in [3.63, 3.8) is 0 Å². The van der Waals surface area contributed by atoms with Crippen LogP contribution in [0.2, 0.25) is 0 Å². The van der Waals surface area contributed by atoms with E-state index in [1.54, 1.807) is 12.3 Å². The van der Waals surface area contributed by atoms with E-state index in [0.29, 0.717) is 12.2 Å². The Morgan fingerprint density at radius 3 is 2.67 bits per heavy atom. The van der Waals surface area contributed by atoms with Crippen LogP contribution >= 0.6 is 11.3 Å². The fourth-order valence-corrected chi connectivity index (χ4v) is 4.66. The number of ether oxygens (including phenoxy) is 1. The molecule has 2 atom stereocenters. The van der Waals surface area contributed by atoms with Crippen molar-refractivity contribution in [1.82, 2.24) is 14.9 Å². The van der Waals surface area contributed by atoms with E-state index >= 15 is 0 Å². The van der Waals surface area contributed by atoms with Gasteiger partial charge in [-0.2, -0.15) is 0 Å². The van der Waals surface area contributed by atoms with Crippen LogP contribution in [0.1, 0.15) is 48.9 Å². The molecule has 0 radical (unpaired) electrons. The van der Waals surface area contributed by atoms with Gasteiger partial charge in [0.25, 0.3) is 5.91 Å². The Morgan fingerprint density at radius 1 is 1.44 bits per heavy atom. The zero-order valence-corrected chi connectivity index (χ0v) is 17.0. The molecule has 1 aliphatic carbocycles. The van der Waals surface area contributed by atoms with Crippen LogP contribution in [0.4, 0.5) is 0 Å². The van der Waals surface area contributed by atoms with Crippen molar-refractivity contribution in [2.45, 2.75) is 52.7 Å². The maximum Gasteiger partial charge on any atom is 0.330 e. The molecular formula is C19H25N3O4S. The van der Waals surface area contributed by atoms with Gasteiger partial charge in [0.1, 0.15) is 5.54 Å². The zero-order chi connectivity index (χ0) is 20.0. The van der Waals surface area contributed by atoms with Gasteiger partial charge in [-0.15, -0.1) is 11.3 Å². The maximum absolute atomic E-state index is 13.0. The van der Waals surface area contributed by atoms with E-state index in [1.165, 1.54) is 11.3 Å². The van der Waals surface area contributed by atoms with E-state index in [0.717, 1.165) is 16.5 Å². The van der Waals surface area contributed by atoms with Crippen LogP contribution in [0.3, 0.4) is 0 Å². The van der Waals surface area contributed by atoms with Gasteiger partial charge in [0.2, 0.25) is 0 Å². The summed E-state index contributed by atoms with van der Waals surface area (Å²) in [5.41, 5.74) is -0.00575. The number of aryl methyl sites for hydroxylation is 1. The van der Waals surface area contributed by atoms with Crippen molar-refractivity contribution in [1.29, 1.82) is 0 Å².